The van der Waals surface area contributed by atoms with E-state index in [9.17, 15) is 13.2 Å². The molecule has 3 N–H and O–H groups in total. The molecule has 1 aromatic heterocycles. The highest BCUT2D eigenvalue weighted by Crippen LogP contribution is 2.17. The SMILES string of the molecule is COc1cc(OC)nc(NC(=O)NS(=O)(=O)Nc2ccccc2)n1. The van der Waals surface area contributed by atoms with Crippen LogP contribution in [0.15, 0.2) is 36.4 Å². The molecule has 0 bridgehead atoms. The van der Waals surface area contributed by atoms with Gasteiger partial charge in [0.2, 0.25) is 17.7 Å². The first kappa shape index (κ1) is 17.3. The minimum atomic E-state index is -4.12. The van der Waals surface area contributed by atoms with Crippen molar-refractivity contribution >= 4 is 27.9 Å². The zero-order valence-electron chi connectivity index (χ0n) is 12.8. The fraction of sp³-hybridized carbons (Fsp3) is 0.154. The first-order chi connectivity index (χ1) is 11.4. The molecular weight excluding hydrogens is 338 g/mol. The van der Waals surface area contributed by atoms with Crippen molar-refractivity contribution in [3.8, 4) is 11.8 Å². The summed E-state index contributed by atoms with van der Waals surface area (Å²) in [5.41, 5.74) is 0.303. The van der Waals surface area contributed by atoms with Crippen molar-refractivity contribution in [2.75, 3.05) is 24.3 Å². The fourth-order valence-electron chi connectivity index (χ4n) is 1.60. The third-order valence-corrected chi connectivity index (χ3v) is 3.53. The van der Waals surface area contributed by atoms with E-state index in [-0.39, 0.29) is 17.7 Å². The van der Waals surface area contributed by atoms with Crippen molar-refractivity contribution < 1.29 is 22.7 Å². The van der Waals surface area contributed by atoms with E-state index in [1.807, 2.05) is 0 Å². The molecule has 0 radical (unpaired) electrons. The smallest absolute Gasteiger partial charge is 0.336 e. The van der Waals surface area contributed by atoms with E-state index in [0.29, 0.717) is 5.69 Å². The van der Waals surface area contributed by atoms with Crippen molar-refractivity contribution in [2.24, 2.45) is 0 Å². The van der Waals surface area contributed by atoms with Gasteiger partial charge in [-0.05, 0) is 12.1 Å². The van der Waals surface area contributed by atoms with Crippen LogP contribution in [0, 0.1) is 0 Å². The quantitative estimate of drug-likeness (QED) is 0.705. The highest BCUT2D eigenvalue weighted by atomic mass is 32.2. The summed E-state index contributed by atoms with van der Waals surface area (Å²) in [6.45, 7) is 0. The van der Waals surface area contributed by atoms with E-state index < -0.39 is 16.2 Å². The molecule has 11 heteroatoms. The first-order valence-electron chi connectivity index (χ1n) is 6.55. The lowest BCUT2D eigenvalue weighted by molar-refractivity contribution is 0.256. The molecule has 0 aliphatic rings. The van der Waals surface area contributed by atoms with Crippen LogP contribution in [-0.4, -0.2) is 38.6 Å². The summed E-state index contributed by atoms with van der Waals surface area (Å²) in [6.07, 6.45) is 0. The molecule has 2 amide bonds. The van der Waals surface area contributed by atoms with Crippen molar-refractivity contribution in [3.05, 3.63) is 36.4 Å². The lowest BCUT2D eigenvalue weighted by atomic mass is 10.3. The van der Waals surface area contributed by atoms with Crippen molar-refractivity contribution in [1.82, 2.24) is 14.7 Å². The minimum absolute atomic E-state index is 0.141. The molecule has 2 rings (SSSR count). The molecule has 24 heavy (non-hydrogen) atoms. The van der Waals surface area contributed by atoms with Gasteiger partial charge in [0.1, 0.15) is 0 Å². The fourth-order valence-corrected chi connectivity index (χ4v) is 2.40. The predicted molar refractivity (Wildman–Crippen MR) is 86.3 cm³/mol. The standard InChI is InChI=1S/C13H15N5O5S/c1-22-10-8-11(23-2)15-12(14-10)16-13(19)18-24(20,21)17-9-6-4-3-5-7-9/h3-8,17H,1-2H3,(H2,14,15,16,18,19). The minimum Gasteiger partial charge on any atom is -0.481 e. The Balaban J connectivity index is 2.05. The van der Waals surface area contributed by atoms with Gasteiger partial charge in [-0.2, -0.15) is 18.4 Å². The molecule has 0 unspecified atom stereocenters. The van der Waals surface area contributed by atoms with Crippen molar-refractivity contribution in [2.45, 2.75) is 0 Å². The van der Waals surface area contributed by atoms with Crippen LogP contribution in [0.3, 0.4) is 0 Å². The summed E-state index contributed by atoms with van der Waals surface area (Å²) in [4.78, 5) is 19.5. The van der Waals surface area contributed by atoms with Crippen LogP contribution in [0.25, 0.3) is 0 Å². The third-order valence-electron chi connectivity index (χ3n) is 2.58. The van der Waals surface area contributed by atoms with Crippen LogP contribution in [0.4, 0.5) is 16.4 Å². The van der Waals surface area contributed by atoms with E-state index in [0.717, 1.165) is 0 Å². The number of hydrogen-bond acceptors (Lipinski definition) is 7. The largest absolute Gasteiger partial charge is 0.481 e. The number of nitrogens with one attached hydrogen (secondary N) is 3. The van der Waals surface area contributed by atoms with Crippen LogP contribution in [0.2, 0.25) is 0 Å². The van der Waals surface area contributed by atoms with Crippen molar-refractivity contribution in [1.29, 1.82) is 0 Å². The number of para-hydroxylation sites is 1. The molecule has 0 saturated heterocycles. The molecule has 0 spiro atoms. The normalized spacial score (nSPS) is 10.6. The van der Waals surface area contributed by atoms with Gasteiger partial charge in [0.15, 0.2) is 0 Å². The van der Waals surface area contributed by atoms with E-state index in [1.54, 1.807) is 22.9 Å². The van der Waals surface area contributed by atoms with Gasteiger partial charge in [-0.3, -0.25) is 10.0 Å². The number of methoxy groups -OCH3 is 2. The van der Waals surface area contributed by atoms with Crippen LogP contribution in [-0.2, 0) is 10.2 Å². The Morgan fingerprint density at radius 2 is 1.62 bits per heavy atom. The molecule has 10 nitrogen and oxygen atoms in total. The Kier molecular flexibility index (Phi) is 5.37. The molecule has 0 aliphatic heterocycles. The Morgan fingerprint density at radius 3 is 2.17 bits per heavy atom. The molecule has 1 heterocycles. The number of aromatic nitrogens is 2. The Hall–Kier alpha value is -3.08. The topological polar surface area (TPSA) is 132 Å². The van der Waals surface area contributed by atoms with Crippen LogP contribution in [0.5, 0.6) is 11.8 Å². The van der Waals surface area contributed by atoms with Gasteiger partial charge >= 0.3 is 16.2 Å². The molecular formula is C13H15N5O5S. The summed E-state index contributed by atoms with van der Waals surface area (Å²) in [5.74, 6) is 0.100. The summed E-state index contributed by atoms with van der Waals surface area (Å²) in [5, 5.41) is 2.18. The molecule has 0 aliphatic carbocycles. The number of amides is 2. The van der Waals surface area contributed by atoms with E-state index in [2.05, 4.69) is 20.0 Å². The van der Waals surface area contributed by atoms with E-state index >= 15 is 0 Å². The molecule has 128 valence electrons. The van der Waals surface area contributed by atoms with Crippen LogP contribution >= 0.6 is 0 Å². The number of hydrogen-bond donors (Lipinski definition) is 3. The Morgan fingerprint density at radius 1 is 1.04 bits per heavy atom. The summed E-state index contributed by atoms with van der Waals surface area (Å²) in [7, 11) is -1.37. The highest BCUT2D eigenvalue weighted by molar-refractivity contribution is 7.91. The lowest BCUT2D eigenvalue weighted by Crippen LogP contribution is -2.38. The number of urea groups is 1. The summed E-state index contributed by atoms with van der Waals surface area (Å²) < 4.78 is 37.6. The lowest BCUT2D eigenvalue weighted by Gasteiger charge is -2.10. The monoisotopic (exact) mass is 353 g/mol. The number of ether oxygens (including phenoxy) is 2. The third kappa shape index (κ3) is 4.98. The Bertz CT molecular complexity index is 791. The summed E-state index contributed by atoms with van der Waals surface area (Å²) >= 11 is 0. The number of anilines is 2. The van der Waals surface area contributed by atoms with Gasteiger partial charge in [0.25, 0.3) is 0 Å². The maximum atomic E-state index is 11.9. The number of rotatable bonds is 6. The van der Waals surface area contributed by atoms with Gasteiger partial charge in [-0.15, -0.1) is 0 Å². The average Bonchev–Trinajstić information content (AvgIpc) is 2.54. The number of benzene rings is 1. The van der Waals surface area contributed by atoms with Crippen molar-refractivity contribution in [3.63, 3.8) is 0 Å². The number of carbonyl (C=O) groups excluding carboxylic acids is 1. The molecule has 2 aromatic rings. The van der Waals surface area contributed by atoms with E-state index in [1.165, 1.54) is 32.4 Å². The highest BCUT2D eigenvalue weighted by Gasteiger charge is 2.16. The van der Waals surface area contributed by atoms with Crippen LogP contribution in [0.1, 0.15) is 0 Å². The number of carbonyl (C=O) groups is 1. The molecule has 0 atom stereocenters. The maximum Gasteiger partial charge on any atom is 0.336 e. The van der Waals surface area contributed by atoms with Gasteiger partial charge in [-0.25, -0.2) is 9.52 Å². The van der Waals surface area contributed by atoms with Gasteiger partial charge in [0.05, 0.1) is 26.0 Å². The average molecular weight is 353 g/mol. The zero-order chi connectivity index (χ0) is 17.6. The second kappa shape index (κ2) is 7.46. The van der Waals surface area contributed by atoms with Crippen LogP contribution < -0.4 is 24.2 Å². The number of nitrogens with zero attached hydrogens (tertiary/aromatic N) is 2. The molecule has 0 saturated carbocycles. The maximum absolute atomic E-state index is 11.9. The molecule has 0 fully saturated rings. The van der Waals surface area contributed by atoms with Gasteiger partial charge in [-0.1, -0.05) is 18.2 Å². The molecule has 1 aromatic carbocycles. The van der Waals surface area contributed by atoms with E-state index in [4.69, 9.17) is 9.47 Å². The Labute approximate surface area is 138 Å². The van der Waals surface area contributed by atoms with Gasteiger partial charge < -0.3 is 9.47 Å². The summed E-state index contributed by atoms with van der Waals surface area (Å²) in [6, 6.07) is 8.44. The predicted octanol–water partition coefficient (Wildman–Crippen LogP) is 0.972. The zero-order valence-corrected chi connectivity index (χ0v) is 13.6. The van der Waals surface area contributed by atoms with Gasteiger partial charge in [0, 0.05) is 0 Å². The second-order valence-corrected chi connectivity index (χ2v) is 5.72. The first-order valence-corrected chi connectivity index (χ1v) is 8.04. The second-order valence-electron chi connectivity index (χ2n) is 4.30.